The van der Waals surface area contributed by atoms with E-state index in [4.69, 9.17) is 4.74 Å². The van der Waals surface area contributed by atoms with Gasteiger partial charge in [0.1, 0.15) is 17.4 Å². The summed E-state index contributed by atoms with van der Waals surface area (Å²) < 4.78 is 5.15. The second-order valence-electron chi connectivity index (χ2n) is 4.20. The van der Waals surface area contributed by atoms with E-state index >= 15 is 0 Å². The molecule has 20 heavy (non-hydrogen) atoms. The van der Waals surface area contributed by atoms with Gasteiger partial charge in [0.25, 0.3) is 5.91 Å². The van der Waals surface area contributed by atoms with E-state index in [2.05, 4.69) is 25.5 Å². The van der Waals surface area contributed by atoms with Crippen LogP contribution >= 0.6 is 11.3 Å². The number of carbonyl (C=O) groups excluding carboxylic acids is 1. The number of aryl methyl sites for hydroxylation is 2. The zero-order valence-electron chi connectivity index (χ0n) is 11.7. The average molecular weight is 293 g/mol. The third-order valence-corrected chi connectivity index (χ3v) is 3.82. The predicted molar refractivity (Wildman–Crippen MR) is 74.8 cm³/mol. The van der Waals surface area contributed by atoms with Gasteiger partial charge in [-0.25, -0.2) is 9.97 Å². The molecule has 1 unspecified atom stereocenters. The maximum Gasteiger partial charge on any atom is 0.261 e. The van der Waals surface area contributed by atoms with Crippen molar-refractivity contribution in [2.45, 2.75) is 26.9 Å². The molecule has 0 aliphatic carbocycles. The molecule has 0 aromatic carbocycles. The Morgan fingerprint density at radius 2 is 1.95 bits per heavy atom. The molecule has 0 radical (unpaired) electrons. The Kier molecular flexibility index (Phi) is 4.35. The van der Waals surface area contributed by atoms with Crippen LogP contribution in [0.5, 0.6) is 0 Å². The van der Waals surface area contributed by atoms with Crippen LogP contribution in [-0.2, 0) is 4.74 Å². The molecular formula is C12H15N5O2S. The molecule has 1 atom stereocenters. The number of ether oxygens (including phenoxy) is 1. The standard InChI is InChI=1S/C12H15N5O2S/c1-6-9(7(2)14-5-13-6)10(18)15-12-17-16-11(20-12)8(3)19-4/h5,8H,1-4H3,(H,15,17,18). The smallest absolute Gasteiger partial charge is 0.261 e. The van der Waals surface area contributed by atoms with Crippen molar-refractivity contribution in [3.63, 3.8) is 0 Å². The van der Waals surface area contributed by atoms with E-state index in [1.807, 2.05) is 6.92 Å². The summed E-state index contributed by atoms with van der Waals surface area (Å²) in [6, 6.07) is 0. The second kappa shape index (κ2) is 6.02. The highest BCUT2D eigenvalue weighted by molar-refractivity contribution is 7.15. The number of rotatable bonds is 4. The fourth-order valence-electron chi connectivity index (χ4n) is 1.63. The van der Waals surface area contributed by atoms with Crippen LogP contribution in [0.2, 0.25) is 0 Å². The summed E-state index contributed by atoms with van der Waals surface area (Å²) in [6.45, 7) is 5.40. The number of methoxy groups -OCH3 is 1. The fourth-order valence-corrected chi connectivity index (χ4v) is 2.40. The van der Waals surface area contributed by atoms with Crippen LogP contribution in [0.1, 0.15) is 39.8 Å². The van der Waals surface area contributed by atoms with Crippen molar-refractivity contribution in [1.82, 2.24) is 20.2 Å². The Morgan fingerprint density at radius 1 is 1.30 bits per heavy atom. The van der Waals surface area contributed by atoms with Gasteiger partial charge in [-0.3, -0.25) is 10.1 Å². The summed E-state index contributed by atoms with van der Waals surface area (Å²) in [6.07, 6.45) is 1.28. The van der Waals surface area contributed by atoms with Gasteiger partial charge in [0, 0.05) is 7.11 Å². The van der Waals surface area contributed by atoms with Crippen molar-refractivity contribution in [2.24, 2.45) is 0 Å². The molecule has 1 N–H and O–H groups in total. The molecule has 0 saturated carbocycles. The minimum atomic E-state index is -0.284. The Hall–Kier alpha value is -1.93. The number of aromatic nitrogens is 4. The Labute approximate surface area is 120 Å². The van der Waals surface area contributed by atoms with Gasteiger partial charge in [0.05, 0.1) is 17.0 Å². The van der Waals surface area contributed by atoms with E-state index in [9.17, 15) is 4.79 Å². The van der Waals surface area contributed by atoms with Gasteiger partial charge in [-0.2, -0.15) is 0 Å². The van der Waals surface area contributed by atoms with Gasteiger partial charge in [-0.15, -0.1) is 10.2 Å². The third-order valence-electron chi connectivity index (χ3n) is 2.82. The van der Waals surface area contributed by atoms with Crippen molar-refractivity contribution >= 4 is 22.4 Å². The number of amides is 1. The molecule has 0 fully saturated rings. The number of anilines is 1. The van der Waals surface area contributed by atoms with Crippen molar-refractivity contribution in [3.8, 4) is 0 Å². The molecule has 2 aromatic rings. The highest BCUT2D eigenvalue weighted by Gasteiger charge is 2.17. The van der Waals surface area contributed by atoms with Crippen LogP contribution in [-0.4, -0.2) is 33.2 Å². The van der Waals surface area contributed by atoms with Crippen molar-refractivity contribution in [1.29, 1.82) is 0 Å². The van der Waals surface area contributed by atoms with Crippen molar-refractivity contribution < 1.29 is 9.53 Å². The highest BCUT2D eigenvalue weighted by Crippen LogP contribution is 2.24. The van der Waals surface area contributed by atoms with Gasteiger partial charge in [0.2, 0.25) is 5.13 Å². The van der Waals surface area contributed by atoms with Crippen LogP contribution in [0.4, 0.5) is 5.13 Å². The quantitative estimate of drug-likeness (QED) is 0.926. The molecule has 0 saturated heterocycles. The van der Waals surface area contributed by atoms with E-state index in [-0.39, 0.29) is 12.0 Å². The van der Waals surface area contributed by atoms with Gasteiger partial charge in [0.15, 0.2) is 0 Å². The van der Waals surface area contributed by atoms with E-state index < -0.39 is 0 Å². The van der Waals surface area contributed by atoms with E-state index in [0.717, 1.165) is 0 Å². The molecule has 106 valence electrons. The molecule has 2 aromatic heterocycles. The Morgan fingerprint density at radius 3 is 2.55 bits per heavy atom. The molecule has 0 bridgehead atoms. The zero-order chi connectivity index (χ0) is 14.7. The highest BCUT2D eigenvalue weighted by atomic mass is 32.1. The number of nitrogens with one attached hydrogen (secondary N) is 1. The molecule has 2 rings (SSSR count). The first kappa shape index (κ1) is 14.5. The fraction of sp³-hybridized carbons (Fsp3) is 0.417. The van der Waals surface area contributed by atoms with Gasteiger partial charge < -0.3 is 4.74 Å². The molecule has 1 amide bonds. The summed E-state index contributed by atoms with van der Waals surface area (Å²) >= 11 is 1.28. The molecule has 8 heteroatoms. The lowest BCUT2D eigenvalue weighted by Crippen LogP contribution is -2.16. The summed E-state index contributed by atoms with van der Waals surface area (Å²) in [5.74, 6) is -0.284. The zero-order valence-corrected chi connectivity index (χ0v) is 12.5. The third kappa shape index (κ3) is 2.97. The van der Waals surface area contributed by atoms with Gasteiger partial charge in [-0.05, 0) is 20.8 Å². The summed E-state index contributed by atoms with van der Waals surface area (Å²) in [5.41, 5.74) is 1.72. The van der Waals surface area contributed by atoms with Crippen LogP contribution in [0.15, 0.2) is 6.33 Å². The topological polar surface area (TPSA) is 89.9 Å². The number of hydrogen-bond acceptors (Lipinski definition) is 7. The second-order valence-corrected chi connectivity index (χ2v) is 5.21. The van der Waals surface area contributed by atoms with E-state index in [1.165, 1.54) is 17.7 Å². The van der Waals surface area contributed by atoms with E-state index in [0.29, 0.717) is 27.1 Å². The van der Waals surface area contributed by atoms with Crippen LogP contribution in [0.25, 0.3) is 0 Å². The number of hydrogen-bond donors (Lipinski definition) is 1. The lowest BCUT2D eigenvalue weighted by molar-refractivity contribution is 0.102. The summed E-state index contributed by atoms with van der Waals surface area (Å²) in [4.78, 5) is 20.3. The number of nitrogens with zero attached hydrogens (tertiary/aromatic N) is 4. The average Bonchev–Trinajstić information content (AvgIpc) is 2.86. The van der Waals surface area contributed by atoms with Crippen molar-refractivity contribution in [3.05, 3.63) is 28.3 Å². The first-order chi connectivity index (χ1) is 9.52. The lowest BCUT2D eigenvalue weighted by Gasteiger charge is -2.06. The molecule has 0 aliphatic heterocycles. The minimum Gasteiger partial charge on any atom is -0.374 e. The molecule has 0 aliphatic rings. The van der Waals surface area contributed by atoms with Gasteiger partial charge in [-0.1, -0.05) is 11.3 Å². The normalized spacial score (nSPS) is 12.2. The summed E-state index contributed by atoms with van der Waals surface area (Å²) in [5, 5.41) is 11.7. The SMILES string of the molecule is COC(C)c1nnc(NC(=O)c2c(C)ncnc2C)s1. The maximum absolute atomic E-state index is 12.2. The molecule has 2 heterocycles. The minimum absolute atomic E-state index is 0.151. The predicted octanol–water partition coefficient (Wildman–Crippen LogP) is 1.90. The summed E-state index contributed by atoms with van der Waals surface area (Å²) in [7, 11) is 1.60. The largest absolute Gasteiger partial charge is 0.374 e. The monoisotopic (exact) mass is 293 g/mol. The lowest BCUT2D eigenvalue weighted by atomic mass is 10.1. The first-order valence-corrected chi connectivity index (χ1v) is 6.80. The Bertz CT molecular complexity index is 608. The van der Waals surface area contributed by atoms with E-state index in [1.54, 1.807) is 21.0 Å². The van der Waals surface area contributed by atoms with Crippen LogP contribution < -0.4 is 5.32 Å². The Balaban J connectivity index is 2.18. The number of carbonyl (C=O) groups is 1. The molecule has 0 spiro atoms. The van der Waals surface area contributed by atoms with Crippen LogP contribution in [0.3, 0.4) is 0 Å². The van der Waals surface area contributed by atoms with Gasteiger partial charge >= 0.3 is 0 Å². The van der Waals surface area contributed by atoms with Crippen LogP contribution in [0, 0.1) is 13.8 Å². The molecular weight excluding hydrogens is 278 g/mol. The first-order valence-electron chi connectivity index (χ1n) is 5.98. The maximum atomic E-state index is 12.2. The van der Waals surface area contributed by atoms with Crippen molar-refractivity contribution in [2.75, 3.05) is 12.4 Å². The molecule has 7 nitrogen and oxygen atoms in total.